The van der Waals surface area contributed by atoms with Gasteiger partial charge in [-0.2, -0.15) is 0 Å². The second-order valence-corrected chi connectivity index (χ2v) is 8.03. The second-order valence-electron chi connectivity index (χ2n) is 6.23. The largest absolute Gasteiger partial charge is 0.387 e. The van der Waals surface area contributed by atoms with Crippen molar-refractivity contribution in [3.8, 4) is 0 Å². The second kappa shape index (κ2) is 6.32. The molecule has 3 heterocycles. The lowest BCUT2D eigenvalue weighted by atomic mass is 10.0. The summed E-state index contributed by atoms with van der Waals surface area (Å²) in [5, 5.41) is 10.8. The van der Waals surface area contributed by atoms with Gasteiger partial charge in [-0.25, -0.2) is 0 Å². The Bertz CT molecular complexity index is 447. The predicted octanol–water partition coefficient (Wildman–Crippen LogP) is 2.82. The van der Waals surface area contributed by atoms with Crippen molar-refractivity contribution in [2.45, 2.75) is 37.8 Å². The smallest absolute Gasteiger partial charge is 0.0931 e. The van der Waals surface area contributed by atoms with E-state index in [4.69, 9.17) is 11.6 Å². The van der Waals surface area contributed by atoms with Crippen molar-refractivity contribution in [2.75, 3.05) is 32.7 Å². The van der Waals surface area contributed by atoms with Gasteiger partial charge < -0.3 is 10.0 Å². The molecule has 0 aromatic carbocycles. The fourth-order valence-electron chi connectivity index (χ4n) is 3.40. The van der Waals surface area contributed by atoms with Crippen molar-refractivity contribution < 1.29 is 5.11 Å². The Morgan fingerprint density at radius 2 is 1.95 bits per heavy atom. The van der Waals surface area contributed by atoms with Crippen LogP contribution in [0.15, 0.2) is 12.1 Å². The van der Waals surface area contributed by atoms with Crippen molar-refractivity contribution in [3.05, 3.63) is 21.3 Å². The first-order valence-electron chi connectivity index (χ1n) is 7.54. The first-order chi connectivity index (χ1) is 9.63. The summed E-state index contributed by atoms with van der Waals surface area (Å²) in [6, 6.07) is 4.05. The van der Waals surface area contributed by atoms with Gasteiger partial charge in [-0.3, -0.25) is 4.90 Å². The van der Waals surface area contributed by atoms with Crippen molar-refractivity contribution in [1.82, 2.24) is 9.80 Å². The number of thiophene rings is 1. The van der Waals surface area contributed by atoms with E-state index in [0.717, 1.165) is 50.0 Å². The maximum Gasteiger partial charge on any atom is 0.0931 e. The van der Waals surface area contributed by atoms with Crippen LogP contribution < -0.4 is 0 Å². The highest BCUT2D eigenvalue weighted by atomic mass is 35.5. The Kier molecular flexibility index (Phi) is 4.68. The summed E-state index contributed by atoms with van der Waals surface area (Å²) in [7, 11) is 0. The first-order valence-corrected chi connectivity index (χ1v) is 8.74. The van der Waals surface area contributed by atoms with Crippen LogP contribution in [0.5, 0.6) is 0 Å². The number of piperidine rings is 1. The lowest BCUT2D eigenvalue weighted by Gasteiger charge is -2.33. The number of hydrogen-bond donors (Lipinski definition) is 1. The summed E-state index contributed by atoms with van der Waals surface area (Å²) < 4.78 is 0.850. The Balaban J connectivity index is 1.52. The van der Waals surface area contributed by atoms with Crippen LogP contribution in [0.1, 0.15) is 30.6 Å². The van der Waals surface area contributed by atoms with Crippen LogP contribution in [-0.2, 0) is 6.54 Å². The van der Waals surface area contributed by atoms with Gasteiger partial charge in [0.2, 0.25) is 0 Å². The van der Waals surface area contributed by atoms with Crippen LogP contribution in [0.4, 0.5) is 0 Å². The maximum absolute atomic E-state index is 10.8. The van der Waals surface area contributed by atoms with Gasteiger partial charge in [0.05, 0.1) is 9.94 Å². The Morgan fingerprint density at radius 1 is 1.15 bits per heavy atom. The standard InChI is InChI=1S/C15H23ClN2OS/c16-14-5-4-13(20-14)10-18-9-6-15(19,12-18)11-17-7-2-1-3-8-17/h4-5,19H,1-3,6-12H2/t15-/m0/s1. The third kappa shape index (κ3) is 3.74. The van der Waals surface area contributed by atoms with Gasteiger partial charge in [-0.05, 0) is 44.5 Å². The molecule has 1 N–H and O–H groups in total. The van der Waals surface area contributed by atoms with E-state index in [0.29, 0.717) is 0 Å². The molecule has 0 aliphatic carbocycles. The third-order valence-corrected chi connectivity index (χ3v) is 5.60. The van der Waals surface area contributed by atoms with Crippen LogP contribution in [0.2, 0.25) is 4.34 Å². The first kappa shape index (κ1) is 14.8. The SMILES string of the molecule is O[C@]1(CN2CCCCC2)CCN(Cc2ccc(Cl)s2)C1. The zero-order valence-electron chi connectivity index (χ0n) is 11.9. The number of rotatable bonds is 4. The molecule has 3 nitrogen and oxygen atoms in total. The number of likely N-dealkylation sites (tertiary alicyclic amines) is 2. The molecule has 1 aromatic rings. The van der Waals surface area contributed by atoms with E-state index in [1.165, 1.54) is 24.1 Å². The molecule has 0 radical (unpaired) electrons. The third-order valence-electron chi connectivity index (χ3n) is 4.39. The van der Waals surface area contributed by atoms with E-state index in [9.17, 15) is 5.11 Å². The van der Waals surface area contributed by atoms with Gasteiger partial charge in [-0.15, -0.1) is 11.3 Å². The average Bonchev–Trinajstić information content (AvgIpc) is 2.98. The number of hydrogen-bond acceptors (Lipinski definition) is 4. The molecule has 2 fully saturated rings. The topological polar surface area (TPSA) is 26.7 Å². The zero-order valence-corrected chi connectivity index (χ0v) is 13.4. The van der Waals surface area contributed by atoms with Gasteiger partial charge in [0.25, 0.3) is 0 Å². The van der Waals surface area contributed by atoms with E-state index >= 15 is 0 Å². The zero-order chi connectivity index (χ0) is 14.0. The molecule has 1 atom stereocenters. The molecule has 0 saturated carbocycles. The minimum Gasteiger partial charge on any atom is -0.387 e. The van der Waals surface area contributed by atoms with E-state index < -0.39 is 5.60 Å². The molecule has 5 heteroatoms. The minimum atomic E-state index is -0.515. The summed E-state index contributed by atoms with van der Waals surface area (Å²) in [5.74, 6) is 0. The highest BCUT2D eigenvalue weighted by Gasteiger charge is 2.37. The molecule has 2 aliphatic rings. The van der Waals surface area contributed by atoms with Gasteiger partial charge in [0.1, 0.15) is 0 Å². The number of halogens is 1. The van der Waals surface area contributed by atoms with Gasteiger partial charge in [0.15, 0.2) is 0 Å². The molecule has 112 valence electrons. The van der Waals surface area contributed by atoms with Gasteiger partial charge in [-0.1, -0.05) is 18.0 Å². The van der Waals surface area contributed by atoms with Crippen LogP contribution >= 0.6 is 22.9 Å². The fraction of sp³-hybridized carbons (Fsp3) is 0.733. The molecule has 0 unspecified atom stereocenters. The van der Waals surface area contributed by atoms with Crippen LogP contribution in [0.3, 0.4) is 0 Å². The summed E-state index contributed by atoms with van der Waals surface area (Å²) in [6.45, 7) is 5.85. The highest BCUT2D eigenvalue weighted by Crippen LogP contribution is 2.28. The van der Waals surface area contributed by atoms with Crippen LogP contribution in [0, 0.1) is 0 Å². The molecular weight excluding hydrogens is 292 g/mol. The van der Waals surface area contributed by atoms with Crippen molar-refractivity contribution >= 4 is 22.9 Å². The summed E-state index contributed by atoms with van der Waals surface area (Å²) in [4.78, 5) is 6.08. The molecule has 0 bridgehead atoms. The molecule has 0 amide bonds. The van der Waals surface area contributed by atoms with Crippen LogP contribution in [0.25, 0.3) is 0 Å². The summed E-state index contributed by atoms with van der Waals surface area (Å²) >= 11 is 7.62. The van der Waals surface area contributed by atoms with E-state index in [2.05, 4.69) is 15.9 Å². The van der Waals surface area contributed by atoms with Gasteiger partial charge >= 0.3 is 0 Å². The minimum absolute atomic E-state index is 0.515. The Morgan fingerprint density at radius 3 is 2.65 bits per heavy atom. The molecule has 3 rings (SSSR count). The molecule has 20 heavy (non-hydrogen) atoms. The molecule has 2 saturated heterocycles. The highest BCUT2D eigenvalue weighted by molar-refractivity contribution is 7.16. The fourth-order valence-corrected chi connectivity index (χ4v) is 4.53. The van der Waals surface area contributed by atoms with Crippen molar-refractivity contribution in [2.24, 2.45) is 0 Å². The summed E-state index contributed by atoms with van der Waals surface area (Å²) in [5.41, 5.74) is -0.515. The summed E-state index contributed by atoms with van der Waals surface area (Å²) in [6.07, 6.45) is 4.81. The molecule has 1 aromatic heterocycles. The monoisotopic (exact) mass is 314 g/mol. The normalized spacial score (nSPS) is 29.1. The number of β-amino-alcohol motifs (C(OH)–C–C–N with tert-alkyl or cyclic N) is 1. The average molecular weight is 315 g/mol. The van der Waals surface area contributed by atoms with Crippen molar-refractivity contribution in [1.29, 1.82) is 0 Å². The predicted molar refractivity (Wildman–Crippen MR) is 84.5 cm³/mol. The number of nitrogens with zero attached hydrogens (tertiary/aromatic N) is 2. The van der Waals surface area contributed by atoms with E-state index in [1.54, 1.807) is 11.3 Å². The lowest BCUT2D eigenvalue weighted by molar-refractivity contribution is 0.00641. The molecule has 0 spiro atoms. The van der Waals surface area contributed by atoms with Crippen molar-refractivity contribution in [3.63, 3.8) is 0 Å². The van der Waals surface area contributed by atoms with Gasteiger partial charge in [0, 0.05) is 31.1 Å². The quantitative estimate of drug-likeness (QED) is 0.926. The van der Waals surface area contributed by atoms with Crippen LogP contribution in [-0.4, -0.2) is 53.2 Å². The Hall–Kier alpha value is -0.130. The Labute approximate surface area is 130 Å². The molecular formula is C15H23ClN2OS. The van der Waals surface area contributed by atoms with E-state index in [-0.39, 0.29) is 0 Å². The lowest BCUT2D eigenvalue weighted by Crippen LogP contribution is -2.46. The maximum atomic E-state index is 10.8. The number of aliphatic hydroxyl groups is 1. The molecule has 2 aliphatic heterocycles. The van der Waals surface area contributed by atoms with E-state index in [1.807, 2.05) is 6.07 Å².